The highest BCUT2D eigenvalue weighted by molar-refractivity contribution is 7.89. The molecule has 186 valence electrons. The van der Waals surface area contributed by atoms with Gasteiger partial charge in [-0.3, -0.25) is 4.79 Å². The molecule has 1 amide bonds. The third kappa shape index (κ3) is 5.96. The SMILES string of the molecule is CCN1CCN(c2ccc(S(=O)(=O)N(CC)CC)cc2NC(=O)c2ccc(COC)cc2)CC1. The fraction of sp³-hybridized carbons (Fsp3) is 0.480. The van der Waals surface area contributed by atoms with Gasteiger partial charge >= 0.3 is 0 Å². The van der Waals surface area contributed by atoms with Crippen molar-refractivity contribution in [3.8, 4) is 0 Å². The molecule has 0 unspecified atom stereocenters. The second-order valence-corrected chi connectivity index (χ2v) is 10.2. The molecule has 0 bridgehead atoms. The highest BCUT2D eigenvalue weighted by Gasteiger charge is 2.25. The van der Waals surface area contributed by atoms with Crippen LogP contribution in [-0.2, 0) is 21.4 Å². The Bertz CT molecular complexity index is 1060. The van der Waals surface area contributed by atoms with Crippen molar-refractivity contribution >= 4 is 27.3 Å². The van der Waals surface area contributed by atoms with Crippen LogP contribution in [0.5, 0.6) is 0 Å². The molecule has 0 aliphatic carbocycles. The average molecular weight is 489 g/mol. The summed E-state index contributed by atoms with van der Waals surface area (Å²) in [5.41, 5.74) is 2.81. The van der Waals surface area contributed by atoms with Gasteiger partial charge in [0.15, 0.2) is 0 Å². The van der Waals surface area contributed by atoms with Gasteiger partial charge in [0.05, 0.1) is 22.9 Å². The zero-order chi connectivity index (χ0) is 24.7. The molecule has 0 radical (unpaired) electrons. The van der Waals surface area contributed by atoms with Crippen molar-refractivity contribution in [1.82, 2.24) is 9.21 Å². The quantitative estimate of drug-likeness (QED) is 0.553. The maximum atomic E-state index is 13.2. The number of nitrogens with zero attached hydrogens (tertiary/aromatic N) is 3. The normalized spacial score (nSPS) is 15.0. The van der Waals surface area contributed by atoms with Crippen LogP contribution in [0.1, 0.15) is 36.7 Å². The fourth-order valence-corrected chi connectivity index (χ4v) is 5.67. The number of sulfonamides is 1. The van der Waals surface area contributed by atoms with Crippen molar-refractivity contribution in [1.29, 1.82) is 0 Å². The third-order valence-corrected chi connectivity index (χ3v) is 8.29. The first-order valence-corrected chi connectivity index (χ1v) is 13.3. The lowest BCUT2D eigenvalue weighted by Crippen LogP contribution is -2.46. The van der Waals surface area contributed by atoms with Crippen LogP contribution in [0, 0.1) is 0 Å². The minimum absolute atomic E-state index is 0.179. The summed E-state index contributed by atoms with van der Waals surface area (Å²) >= 11 is 0. The van der Waals surface area contributed by atoms with Crippen LogP contribution < -0.4 is 10.2 Å². The monoisotopic (exact) mass is 488 g/mol. The highest BCUT2D eigenvalue weighted by atomic mass is 32.2. The molecule has 1 saturated heterocycles. The van der Waals surface area contributed by atoms with Gasteiger partial charge in [0.1, 0.15) is 0 Å². The Morgan fingerprint density at radius 1 is 1.00 bits per heavy atom. The molecule has 2 aromatic carbocycles. The van der Waals surface area contributed by atoms with E-state index in [0.717, 1.165) is 44.0 Å². The predicted molar refractivity (Wildman–Crippen MR) is 136 cm³/mol. The summed E-state index contributed by atoms with van der Waals surface area (Å²) in [7, 11) is -2.03. The van der Waals surface area contributed by atoms with Gasteiger partial charge in [-0.25, -0.2) is 8.42 Å². The number of hydrogen-bond donors (Lipinski definition) is 1. The molecule has 1 N–H and O–H groups in total. The molecule has 1 aliphatic heterocycles. The molecule has 0 atom stereocenters. The van der Waals surface area contributed by atoms with E-state index < -0.39 is 10.0 Å². The Morgan fingerprint density at radius 3 is 2.21 bits per heavy atom. The number of amides is 1. The summed E-state index contributed by atoms with van der Waals surface area (Å²) in [5.74, 6) is -0.283. The molecule has 8 nitrogen and oxygen atoms in total. The van der Waals surface area contributed by atoms with Gasteiger partial charge < -0.3 is 19.9 Å². The lowest BCUT2D eigenvalue weighted by molar-refractivity contribution is 0.102. The minimum Gasteiger partial charge on any atom is -0.380 e. The first kappa shape index (κ1) is 26.2. The largest absolute Gasteiger partial charge is 0.380 e. The van der Waals surface area contributed by atoms with Crippen LogP contribution in [0.3, 0.4) is 0 Å². The van der Waals surface area contributed by atoms with Gasteiger partial charge in [-0.2, -0.15) is 4.31 Å². The number of nitrogens with one attached hydrogen (secondary N) is 1. The summed E-state index contributed by atoms with van der Waals surface area (Å²) in [6, 6.07) is 12.3. The molecular formula is C25H36N4O4S. The molecular weight excluding hydrogens is 452 g/mol. The Morgan fingerprint density at radius 2 is 1.65 bits per heavy atom. The maximum Gasteiger partial charge on any atom is 0.255 e. The molecule has 1 fully saturated rings. The van der Waals surface area contributed by atoms with Gasteiger partial charge in [-0.1, -0.05) is 32.9 Å². The van der Waals surface area contributed by atoms with E-state index in [-0.39, 0.29) is 10.8 Å². The average Bonchev–Trinajstić information content (AvgIpc) is 2.85. The fourth-order valence-electron chi connectivity index (χ4n) is 4.18. The lowest BCUT2D eigenvalue weighted by atomic mass is 10.1. The Labute approximate surface area is 203 Å². The van der Waals surface area contributed by atoms with Crippen molar-refractivity contribution in [2.45, 2.75) is 32.3 Å². The van der Waals surface area contributed by atoms with E-state index in [1.165, 1.54) is 4.31 Å². The molecule has 0 aromatic heterocycles. The number of carbonyl (C=O) groups excluding carboxylic acids is 1. The summed E-state index contributed by atoms with van der Waals surface area (Å²) in [6.07, 6.45) is 0. The van der Waals surface area contributed by atoms with Gasteiger partial charge in [0.2, 0.25) is 10.0 Å². The summed E-state index contributed by atoms with van der Waals surface area (Å²) in [5, 5.41) is 2.98. The number of benzene rings is 2. The van der Waals surface area contributed by atoms with E-state index in [9.17, 15) is 13.2 Å². The zero-order valence-electron chi connectivity index (χ0n) is 20.6. The highest BCUT2D eigenvalue weighted by Crippen LogP contribution is 2.31. The van der Waals surface area contributed by atoms with Crippen molar-refractivity contribution in [3.05, 3.63) is 53.6 Å². The first-order chi connectivity index (χ1) is 16.3. The van der Waals surface area contributed by atoms with Crippen LogP contribution in [0.2, 0.25) is 0 Å². The van der Waals surface area contributed by atoms with Crippen LogP contribution in [0.4, 0.5) is 11.4 Å². The van der Waals surface area contributed by atoms with Crippen LogP contribution in [-0.4, -0.2) is 76.5 Å². The Kier molecular flexibility index (Phi) is 9.07. The second kappa shape index (κ2) is 11.8. The van der Waals surface area contributed by atoms with Crippen LogP contribution in [0.15, 0.2) is 47.4 Å². The Hall–Kier alpha value is -2.46. The van der Waals surface area contributed by atoms with Crippen molar-refractivity contribution in [2.75, 3.05) is 63.1 Å². The summed E-state index contributed by atoms with van der Waals surface area (Å²) in [6.45, 7) is 11.5. The van der Waals surface area contributed by atoms with E-state index in [0.29, 0.717) is 30.9 Å². The standard InChI is InChI=1S/C25H36N4O4S/c1-5-27-14-16-28(17-15-27)24-13-12-22(34(31,32)29(6-2)7-3)18-23(24)26-25(30)21-10-8-20(9-11-21)19-33-4/h8-13,18H,5-7,14-17,19H2,1-4H3,(H,26,30). The number of hydrogen-bond acceptors (Lipinski definition) is 6. The van der Waals surface area contributed by atoms with E-state index in [4.69, 9.17) is 4.74 Å². The molecule has 1 heterocycles. The van der Waals surface area contributed by atoms with E-state index in [2.05, 4.69) is 22.0 Å². The molecule has 3 rings (SSSR count). The van der Waals surface area contributed by atoms with Gasteiger partial charge in [-0.05, 0) is 42.4 Å². The number of anilines is 2. The van der Waals surface area contributed by atoms with Crippen molar-refractivity contribution in [3.63, 3.8) is 0 Å². The van der Waals surface area contributed by atoms with Gasteiger partial charge in [-0.15, -0.1) is 0 Å². The first-order valence-electron chi connectivity index (χ1n) is 11.8. The zero-order valence-corrected chi connectivity index (χ0v) is 21.4. The van der Waals surface area contributed by atoms with E-state index in [1.807, 2.05) is 32.0 Å². The van der Waals surface area contributed by atoms with E-state index >= 15 is 0 Å². The Balaban J connectivity index is 1.94. The number of carbonyl (C=O) groups is 1. The molecule has 34 heavy (non-hydrogen) atoms. The number of piperazine rings is 1. The van der Waals surface area contributed by atoms with Crippen LogP contribution in [0.25, 0.3) is 0 Å². The third-order valence-electron chi connectivity index (χ3n) is 6.25. The number of ether oxygens (including phenoxy) is 1. The maximum absolute atomic E-state index is 13.2. The molecule has 0 saturated carbocycles. The number of rotatable bonds is 10. The predicted octanol–water partition coefficient (Wildman–Crippen LogP) is 3.26. The molecule has 0 spiro atoms. The number of likely N-dealkylation sites (N-methyl/N-ethyl adjacent to an activating group) is 1. The topological polar surface area (TPSA) is 82.2 Å². The minimum atomic E-state index is -3.65. The van der Waals surface area contributed by atoms with Gasteiger partial charge in [0, 0.05) is 51.9 Å². The van der Waals surface area contributed by atoms with Crippen molar-refractivity contribution in [2.24, 2.45) is 0 Å². The molecule has 1 aliphatic rings. The lowest BCUT2D eigenvalue weighted by Gasteiger charge is -2.36. The smallest absolute Gasteiger partial charge is 0.255 e. The summed E-state index contributed by atoms with van der Waals surface area (Å²) in [4.78, 5) is 17.8. The summed E-state index contributed by atoms with van der Waals surface area (Å²) < 4.78 is 32.9. The molecule has 2 aromatic rings. The number of methoxy groups -OCH3 is 1. The van der Waals surface area contributed by atoms with Gasteiger partial charge in [0.25, 0.3) is 5.91 Å². The van der Waals surface area contributed by atoms with Crippen molar-refractivity contribution < 1.29 is 17.9 Å². The van der Waals surface area contributed by atoms with E-state index in [1.54, 1.807) is 31.4 Å². The second-order valence-electron chi connectivity index (χ2n) is 8.27. The van der Waals surface area contributed by atoms with Crippen LogP contribution >= 0.6 is 0 Å². The molecule has 9 heteroatoms.